The number of allylic oxidation sites excluding steroid dienone is 1. The summed E-state index contributed by atoms with van der Waals surface area (Å²) in [5.74, 6) is -0.462. The lowest BCUT2D eigenvalue weighted by atomic mass is 10.0. The molecule has 0 spiro atoms. The van der Waals surface area contributed by atoms with Gasteiger partial charge in [-0.3, -0.25) is 9.36 Å². The van der Waals surface area contributed by atoms with Gasteiger partial charge < -0.3 is 4.74 Å². The standard InChI is InChI=1S/C21H16Cl2N2O3S2/c1-3-28-20(27)17-11(2)24-21-25(18(17)15-5-4-8-29-15)19(26)16(30-21)10-12-6-7-13(22)14(23)9-12/h4-10,18H,3H2,1-2H3/b16-10+/t18-/m1/s1. The molecule has 3 heterocycles. The maximum absolute atomic E-state index is 13.4. The van der Waals surface area contributed by atoms with E-state index in [0.29, 0.717) is 30.6 Å². The first-order valence-electron chi connectivity index (χ1n) is 9.08. The summed E-state index contributed by atoms with van der Waals surface area (Å²) in [6.45, 7) is 3.76. The van der Waals surface area contributed by atoms with Crippen LogP contribution in [0.2, 0.25) is 10.0 Å². The smallest absolute Gasteiger partial charge is 0.338 e. The summed E-state index contributed by atoms with van der Waals surface area (Å²) in [5.41, 5.74) is 1.46. The summed E-state index contributed by atoms with van der Waals surface area (Å²) in [4.78, 5) is 32.0. The van der Waals surface area contributed by atoms with Gasteiger partial charge in [-0.15, -0.1) is 11.3 Å². The molecule has 2 aromatic heterocycles. The van der Waals surface area contributed by atoms with Crippen molar-refractivity contribution in [1.29, 1.82) is 0 Å². The van der Waals surface area contributed by atoms with Crippen molar-refractivity contribution in [2.24, 2.45) is 4.99 Å². The largest absolute Gasteiger partial charge is 0.463 e. The Bertz CT molecular complexity index is 1340. The predicted molar refractivity (Wildman–Crippen MR) is 121 cm³/mol. The number of ether oxygens (including phenoxy) is 1. The molecule has 9 heteroatoms. The molecule has 0 bridgehead atoms. The summed E-state index contributed by atoms with van der Waals surface area (Å²) in [5, 5.41) is 2.77. The Kier molecular flexibility index (Phi) is 5.97. The molecule has 4 rings (SSSR count). The van der Waals surface area contributed by atoms with Crippen LogP contribution in [0.5, 0.6) is 0 Å². The zero-order valence-electron chi connectivity index (χ0n) is 16.0. The highest BCUT2D eigenvalue weighted by Crippen LogP contribution is 2.33. The molecule has 1 atom stereocenters. The molecule has 0 saturated heterocycles. The van der Waals surface area contributed by atoms with E-state index in [9.17, 15) is 9.59 Å². The molecule has 1 aromatic carbocycles. The Hall–Kier alpha value is -2.19. The van der Waals surface area contributed by atoms with E-state index in [0.717, 1.165) is 10.4 Å². The lowest BCUT2D eigenvalue weighted by Crippen LogP contribution is -2.39. The highest BCUT2D eigenvalue weighted by Gasteiger charge is 2.33. The van der Waals surface area contributed by atoms with Crippen LogP contribution in [0.1, 0.15) is 30.3 Å². The Labute approximate surface area is 190 Å². The average molecular weight is 479 g/mol. The molecule has 0 aliphatic carbocycles. The van der Waals surface area contributed by atoms with Crippen molar-refractivity contribution in [3.63, 3.8) is 0 Å². The van der Waals surface area contributed by atoms with E-state index < -0.39 is 12.0 Å². The van der Waals surface area contributed by atoms with Crippen LogP contribution in [-0.4, -0.2) is 17.1 Å². The number of benzene rings is 1. The number of hydrogen-bond acceptors (Lipinski definition) is 6. The fourth-order valence-electron chi connectivity index (χ4n) is 3.26. The second kappa shape index (κ2) is 8.51. The van der Waals surface area contributed by atoms with E-state index in [1.165, 1.54) is 22.7 Å². The average Bonchev–Trinajstić information content (AvgIpc) is 3.33. The molecule has 0 amide bonds. The van der Waals surface area contributed by atoms with Crippen LogP contribution in [0.15, 0.2) is 56.8 Å². The van der Waals surface area contributed by atoms with Crippen LogP contribution in [0.3, 0.4) is 0 Å². The molecular formula is C21H16Cl2N2O3S2. The van der Waals surface area contributed by atoms with Gasteiger partial charge in [0, 0.05) is 4.88 Å². The zero-order chi connectivity index (χ0) is 21.4. The topological polar surface area (TPSA) is 60.7 Å². The van der Waals surface area contributed by atoms with E-state index in [-0.39, 0.29) is 12.2 Å². The molecule has 0 N–H and O–H groups in total. The number of thiazole rings is 1. The minimum absolute atomic E-state index is 0.225. The molecule has 30 heavy (non-hydrogen) atoms. The zero-order valence-corrected chi connectivity index (χ0v) is 19.2. The number of halogens is 2. The second-order valence-electron chi connectivity index (χ2n) is 6.49. The first kappa shape index (κ1) is 21.1. The number of hydrogen-bond donors (Lipinski definition) is 0. The number of carbonyl (C=O) groups is 1. The van der Waals surface area contributed by atoms with Crippen molar-refractivity contribution >= 4 is 57.9 Å². The van der Waals surface area contributed by atoms with Crippen LogP contribution >= 0.6 is 45.9 Å². The Morgan fingerprint density at radius 3 is 2.77 bits per heavy atom. The van der Waals surface area contributed by atoms with Gasteiger partial charge in [0.25, 0.3) is 5.56 Å². The van der Waals surface area contributed by atoms with Crippen LogP contribution < -0.4 is 14.9 Å². The first-order valence-corrected chi connectivity index (χ1v) is 11.5. The van der Waals surface area contributed by atoms with Gasteiger partial charge in [0.2, 0.25) is 0 Å². The third-order valence-corrected chi connectivity index (χ3v) is 7.22. The Morgan fingerprint density at radius 1 is 1.30 bits per heavy atom. The van der Waals surface area contributed by atoms with Gasteiger partial charge in [-0.05, 0) is 49.1 Å². The fraction of sp³-hybridized carbons (Fsp3) is 0.190. The Balaban J connectivity index is 1.93. The van der Waals surface area contributed by atoms with Gasteiger partial charge in [0.15, 0.2) is 4.80 Å². The molecule has 0 fully saturated rings. The fourth-order valence-corrected chi connectivity index (χ4v) is 5.44. The summed E-state index contributed by atoms with van der Waals surface area (Å²) in [7, 11) is 0. The number of nitrogens with zero attached hydrogens (tertiary/aromatic N) is 2. The van der Waals surface area contributed by atoms with Crippen molar-refractivity contribution in [3.8, 4) is 0 Å². The minimum atomic E-state index is -0.573. The second-order valence-corrected chi connectivity index (χ2v) is 9.29. The monoisotopic (exact) mass is 478 g/mol. The summed E-state index contributed by atoms with van der Waals surface area (Å²) >= 11 is 14.8. The number of fused-ring (bicyclic) bond motifs is 1. The third-order valence-electron chi connectivity index (χ3n) is 4.57. The van der Waals surface area contributed by atoms with Crippen molar-refractivity contribution in [1.82, 2.24) is 4.57 Å². The normalized spacial score (nSPS) is 16.4. The first-order chi connectivity index (χ1) is 14.4. The van der Waals surface area contributed by atoms with Crippen LogP contribution in [0, 0.1) is 0 Å². The minimum Gasteiger partial charge on any atom is -0.463 e. The van der Waals surface area contributed by atoms with E-state index in [4.69, 9.17) is 27.9 Å². The molecular weight excluding hydrogens is 463 g/mol. The molecule has 3 aromatic rings. The van der Waals surface area contributed by atoms with Crippen molar-refractivity contribution in [3.05, 3.63) is 87.2 Å². The van der Waals surface area contributed by atoms with Gasteiger partial charge in [0.05, 0.1) is 32.5 Å². The summed E-state index contributed by atoms with van der Waals surface area (Å²) in [6, 6.07) is 8.40. The SMILES string of the molecule is CCOC(=O)C1=C(C)N=c2s/c(=C/c3ccc(Cl)c(Cl)c3)c(=O)n2[C@@H]1c1cccs1. The third kappa shape index (κ3) is 3.78. The van der Waals surface area contributed by atoms with Gasteiger partial charge in [-0.25, -0.2) is 9.79 Å². The van der Waals surface area contributed by atoms with E-state index >= 15 is 0 Å². The highest BCUT2D eigenvalue weighted by atomic mass is 35.5. The van der Waals surface area contributed by atoms with Crippen LogP contribution in [-0.2, 0) is 9.53 Å². The number of thiophene rings is 1. The van der Waals surface area contributed by atoms with Gasteiger partial charge in [0.1, 0.15) is 6.04 Å². The molecule has 1 aliphatic heterocycles. The Morgan fingerprint density at radius 2 is 2.10 bits per heavy atom. The van der Waals surface area contributed by atoms with E-state index in [1.807, 2.05) is 17.5 Å². The van der Waals surface area contributed by atoms with Gasteiger partial charge in [-0.1, -0.05) is 46.7 Å². The van der Waals surface area contributed by atoms with E-state index in [1.54, 1.807) is 42.7 Å². The number of rotatable bonds is 4. The quantitative estimate of drug-likeness (QED) is 0.528. The van der Waals surface area contributed by atoms with Gasteiger partial charge in [-0.2, -0.15) is 0 Å². The highest BCUT2D eigenvalue weighted by molar-refractivity contribution is 7.10. The molecule has 5 nitrogen and oxygen atoms in total. The summed E-state index contributed by atoms with van der Waals surface area (Å²) in [6.07, 6.45) is 1.75. The predicted octanol–water partition coefficient (Wildman–Crippen LogP) is 4.17. The lowest BCUT2D eigenvalue weighted by Gasteiger charge is -2.23. The van der Waals surface area contributed by atoms with E-state index in [2.05, 4.69) is 4.99 Å². The number of esters is 1. The van der Waals surface area contributed by atoms with Crippen molar-refractivity contribution < 1.29 is 9.53 Å². The van der Waals surface area contributed by atoms with Gasteiger partial charge >= 0.3 is 5.97 Å². The summed E-state index contributed by atoms with van der Waals surface area (Å²) < 4.78 is 7.32. The van der Waals surface area contributed by atoms with Crippen molar-refractivity contribution in [2.75, 3.05) is 6.61 Å². The lowest BCUT2D eigenvalue weighted by molar-refractivity contribution is -0.139. The molecule has 0 saturated carbocycles. The molecule has 1 aliphatic rings. The van der Waals surface area contributed by atoms with Crippen LogP contribution in [0.25, 0.3) is 6.08 Å². The molecule has 154 valence electrons. The maximum Gasteiger partial charge on any atom is 0.338 e. The number of aromatic nitrogens is 1. The van der Waals surface area contributed by atoms with Crippen LogP contribution in [0.4, 0.5) is 0 Å². The molecule has 0 radical (unpaired) electrons. The van der Waals surface area contributed by atoms with Crippen molar-refractivity contribution in [2.45, 2.75) is 19.9 Å². The maximum atomic E-state index is 13.4. The number of carbonyl (C=O) groups excluding carboxylic acids is 1. The molecule has 0 unspecified atom stereocenters.